The summed E-state index contributed by atoms with van der Waals surface area (Å²) in [6.07, 6.45) is 4.34. The number of hydrogen-bond donors (Lipinski definition) is 6. The molecule has 2 aromatic heterocycles. The second-order valence-electron chi connectivity index (χ2n) is 19.5. The molecule has 2 aliphatic heterocycles. The summed E-state index contributed by atoms with van der Waals surface area (Å²) in [6.45, 7) is 6.00. The molecule has 2 atom stereocenters. The van der Waals surface area contributed by atoms with Gasteiger partial charge in [-0.05, 0) is 142 Å². The van der Waals surface area contributed by atoms with Crippen LogP contribution in [-0.2, 0) is 17.6 Å². The SMILES string of the molecule is CC1CC(CNC(=O)c2ccc(-c3ccccc3C#N)nc2NCCc2cccc(F)c2)CCN1C(=O)O.N#Cc1ccccc1-c1ccc(C(=O)NCC2CCN(C(=O)CCCN)CC2)c(NCCc2cccc(F)c2)n1. The molecule has 2 fully saturated rings. The van der Waals surface area contributed by atoms with E-state index in [2.05, 4.69) is 38.4 Å². The zero-order valence-corrected chi connectivity index (χ0v) is 43.7. The number of aromatic nitrogens is 2. The molecule has 0 saturated carbocycles. The van der Waals surface area contributed by atoms with Crippen LogP contribution in [0.25, 0.3) is 22.5 Å². The van der Waals surface area contributed by atoms with Gasteiger partial charge in [-0.2, -0.15) is 10.5 Å². The average Bonchev–Trinajstić information content (AvgIpc) is 3.47. The number of hydrogen-bond acceptors (Lipinski definition) is 11. The number of nitrogens with two attached hydrogens (primary N) is 1. The largest absolute Gasteiger partial charge is 0.465 e. The average molecular weight is 1060 g/mol. The zero-order chi connectivity index (χ0) is 55.4. The minimum Gasteiger partial charge on any atom is -0.465 e. The van der Waals surface area contributed by atoms with E-state index in [1.54, 1.807) is 60.7 Å². The Labute approximate surface area is 453 Å². The first-order valence-electron chi connectivity index (χ1n) is 26.4. The fourth-order valence-electron chi connectivity index (χ4n) is 9.70. The maximum atomic E-state index is 13.6. The van der Waals surface area contributed by atoms with Gasteiger partial charge in [-0.1, -0.05) is 60.7 Å². The summed E-state index contributed by atoms with van der Waals surface area (Å²) >= 11 is 0. The standard InChI is InChI=1S/C31H35FN6O2.C29H30FN5O3/c32-25-7-3-5-22(19-25)12-16-35-30-27(10-11-28(37-30)26-8-2-1-6-24(26)20-34)31(40)36-21-23-13-17-38(18-14-23)29(39)9-4-15-33;1-19-15-21(12-14-35(19)29(37)38)18-33-28(36)25-9-10-26(24-8-3-2-6-22(24)17-31)34-27(25)32-13-11-20-5-4-7-23(30)16-20/h1-3,5-8,10-11,19,23H,4,9,12-18,21,33H2,(H,35,37)(H,36,40);2-10,16,19,21H,11-15,18H2,1H3,(H,32,34)(H,33,36)(H,37,38). The van der Waals surface area contributed by atoms with E-state index in [-0.39, 0.29) is 47.2 Å². The van der Waals surface area contributed by atoms with Crippen molar-refractivity contribution in [2.45, 2.75) is 64.3 Å². The number of likely N-dealkylation sites (tertiary alicyclic amines) is 2. The lowest BCUT2D eigenvalue weighted by Crippen LogP contribution is -2.46. The van der Waals surface area contributed by atoms with E-state index in [1.165, 1.54) is 29.2 Å². The van der Waals surface area contributed by atoms with Crippen molar-refractivity contribution in [3.05, 3.63) is 166 Å². The molecule has 8 rings (SSSR count). The molecule has 0 bridgehead atoms. The molecule has 7 N–H and O–H groups in total. The summed E-state index contributed by atoms with van der Waals surface area (Å²) in [7, 11) is 0. The van der Waals surface area contributed by atoms with Crippen molar-refractivity contribution in [2.75, 3.05) is 63.0 Å². The van der Waals surface area contributed by atoms with Crippen LogP contribution < -0.4 is 27.0 Å². The number of benzene rings is 4. The monoisotopic (exact) mass is 1060 g/mol. The number of anilines is 2. The lowest BCUT2D eigenvalue weighted by Gasteiger charge is -2.35. The maximum absolute atomic E-state index is 13.6. The molecule has 4 aromatic carbocycles. The Bertz CT molecular complexity index is 3140. The van der Waals surface area contributed by atoms with Gasteiger partial charge in [-0.3, -0.25) is 14.4 Å². The van der Waals surface area contributed by atoms with Crippen molar-refractivity contribution in [1.82, 2.24) is 30.4 Å². The van der Waals surface area contributed by atoms with Gasteiger partial charge in [0.25, 0.3) is 11.8 Å². The second-order valence-corrected chi connectivity index (χ2v) is 19.5. The highest BCUT2D eigenvalue weighted by molar-refractivity contribution is 6.00. The molecule has 4 heterocycles. The normalized spacial score (nSPS) is 15.2. The molecule has 0 aliphatic carbocycles. The van der Waals surface area contributed by atoms with Gasteiger partial charge in [0.15, 0.2) is 0 Å². The number of nitrogens with zero attached hydrogens (tertiary/aromatic N) is 6. The highest BCUT2D eigenvalue weighted by atomic mass is 19.1. The Morgan fingerprint density at radius 2 is 1.15 bits per heavy atom. The molecule has 2 saturated heterocycles. The summed E-state index contributed by atoms with van der Waals surface area (Å²) in [5.74, 6) is 0.228. The van der Waals surface area contributed by atoms with E-state index in [1.807, 2.05) is 48.2 Å². The fraction of sp³-hybridized carbons (Fsp3) is 0.333. The Morgan fingerprint density at radius 1 is 0.667 bits per heavy atom. The predicted octanol–water partition coefficient (Wildman–Crippen LogP) is 9.04. The molecule has 18 heteroatoms. The van der Waals surface area contributed by atoms with Crippen LogP contribution in [0.2, 0.25) is 0 Å². The zero-order valence-electron chi connectivity index (χ0n) is 43.7. The predicted molar refractivity (Wildman–Crippen MR) is 295 cm³/mol. The number of amides is 4. The number of carbonyl (C=O) groups is 4. The van der Waals surface area contributed by atoms with E-state index in [0.29, 0.717) is 147 Å². The van der Waals surface area contributed by atoms with Gasteiger partial charge in [-0.15, -0.1) is 0 Å². The lowest BCUT2D eigenvalue weighted by molar-refractivity contribution is -0.132. The number of rotatable bonds is 19. The van der Waals surface area contributed by atoms with E-state index >= 15 is 0 Å². The van der Waals surface area contributed by atoms with Gasteiger partial charge < -0.3 is 41.9 Å². The second kappa shape index (κ2) is 28.4. The molecule has 2 unspecified atom stereocenters. The van der Waals surface area contributed by atoms with Crippen LogP contribution in [0, 0.1) is 46.1 Å². The topological polar surface area (TPSA) is 242 Å². The van der Waals surface area contributed by atoms with Crippen LogP contribution in [0.15, 0.2) is 121 Å². The number of halogens is 2. The summed E-state index contributed by atoms with van der Waals surface area (Å²) in [5, 5.41) is 40.9. The number of carboxylic acid groups (broad SMARTS) is 1. The van der Waals surface area contributed by atoms with Gasteiger partial charge in [0, 0.05) is 69.4 Å². The van der Waals surface area contributed by atoms with Gasteiger partial charge in [0.05, 0.1) is 45.8 Å². The van der Waals surface area contributed by atoms with Crippen LogP contribution >= 0.6 is 0 Å². The summed E-state index contributed by atoms with van der Waals surface area (Å²) in [5.41, 5.74) is 11.4. The number of pyridine rings is 2. The molecule has 16 nitrogen and oxygen atoms in total. The van der Waals surface area contributed by atoms with E-state index in [9.17, 15) is 43.6 Å². The maximum Gasteiger partial charge on any atom is 0.407 e. The molecular weight excluding hydrogens is 993 g/mol. The first kappa shape index (κ1) is 57.0. The van der Waals surface area contributed by atoms with Crippen LogP contribution in [0.5, 0.6) is 0 Å². The van der Waals surface area contributed by atoms with E-state index < -0.39 is 6.09 Å². The molecule has 6 aromatic rings. The Balaban J connectivity index is 0.000000226. The molecule has 2 aliphatic rings. The highest BCUT2D eigenvalue weighted by Gasteiger charge is 2.29. The van der Waals surface area contributed by atoms with Crippen LogP contribution in [0.4, 0.5) is 25.2 Å². The van der Waals surface area contributed by atoms with Gasteiger partial charge in [0.1, 0.15) is 23.3 Å². The lowest BCUT2D eigenvalue weighted by atomic mass is 9.92. The summed E-state index contributed by atoms with van der Waals surface area (Å²) in [4.78, 5) is 62.8. The third-order valence-corrected chi connectivity index (χ3v) is 14.0. The molecule has 78 heavy (non-hydrogen) atoms. The number of nitrogens with one attached hydrogen (secondary N) is 4. The smallest absolute Gasteiger partial charge is 0.407 e. The number of carbonyl (C=O) groups excluding carboxylic acids is 3. The summed E-state index contributed by atoms with van der Waals surface area (Å²) in [6, 6.07) is 38.2. The van der Waals surface area contributed by atoms with Crippen LogP contribution in [0.3, 0.4) is 0 Å². The minimum atomic E-state index is -0.918. The summed E-state index contributed by atoms with van der Waals surface area (Å²) < 4.78 is 27.2. The van der Waals surface area contributed by atoms with Crippen molar-refractivity contribution in [1.29, 1.82) is 10.5 Å². The van der Waals surface area contributed by atoms with Crippen molar-refractivity contribution in [3.8, 4) is 34.7 Å². The number of nitriles is 2. The molecule has 0 radical (unpaired) electrons. The molecule has 4 amide bonds. The highest BCUT2D eigenvalue weighted by Crippen LogP contribution is 2.28. The van der Waals surface area contributed by atoms with Gasteiger partial charge >= 0.3 is 6.09 Å². The van der Waals surface area contributed by atoms with Crippen molar-refractivity contribution in [3.63, 3.8) is 0 Å². The van der Waals surface area contributed by atoms with E-state index in [0.717, 1.165) is 24.0 Å². The molecule has 0 spiro atoms. The quantitative estimate of drug-likeness (QED) is 0.0445. The van der Waals surface area contributed by atoms with Gasteiger partial charge in [0.2, 0.25) is 5.91 Å². The number of piperidine rings is 2. The van der Waals surface area contributed by atoms with E-state index in [4.69, 9.17) is 10.7 Å². The van der Waals surface area contributed by atoms with Crippen molar-refractivity contribution >= 4 is 35.5 Å². The third-order valence-electron chi connectivity index (χ3n) is 14.0. The first-order valence-corrected chi connectivity index (χ1v) is 26.4. The van der Waals surface area contributed by atoms with Crippen LogP contribution in [-0.4, -0.2) is 107 Å². The van der Waals surface area contributed by atoms with Crippen molar-refractivity contribution < 1.29 is 33.1 Å². The Morgan fingerprint density at radius 3 is 1.62 bits per heavy atom. The Kier molecular flexibility index (Phi) is 20.8. The molecular formula is C60H65F2N11O5. The first-order chi connectivity index (χ1) is 37.8. The minimum absolute atomic E-state index is 0.107. The van der Waals surface area contributed by atoms with Gasteiger partial charge in [-0.25, -0.2) is 23.5 Å². The van der Waals surface area contributed by atoms with Crippen molar-refractivity contribution in [2.24, 2.45) is 17.6 Å². The third kappa shape index (κ3) is 15.9. The molecule has 404 valence electrons. The Hall–Kier alpha value is -8.74. The fourth-order valence-corrected chi connectivity index (χ4v) is 9.70. The van der Waals surface area contributed by atoms with Crippen LogP contribution in [0.1, 0.15) is 88.4 Å².